The van der Waals surface area contributed by atoms with Gasteiger partial charge in [0.25, 0.3) is 15.9 Å². The fraction of sp³-hybridized carbons (Fsp3) is 0.111. The van der Waals surface area contributed by atoms with Crippen molar-refractivity contribution in [1.82, 2.24) is 9.99 Å². The van der Waals surface area contributed by atoms with Gasteiger partial charge in [0, 0.05) is 37.2 Å². The topological polar surface area (TPSA) is 83.8 Å². The standard InChI is InChI=1S/C27H23BrCl2N4O3S/c1-18-12-20(19(2)34(18)25-14-22(29)13-23(30)15-25)16-31-32-27(35)17-33(24-10-8-21(28)9-11-24)38(36,37)26-6-4-3-5-7-26/h3-16H,17H2,1-2H3,(H,32,35)/b31-16-. The summed E-state index contributed by atoms with van der Waals surface area (Å²) in [5.41, 5.74) is 6.14. The van der Waals surface area contributed by atoms with Gasteiger partial charge in [-0.15, -0.1) is 0 Å². The first-order chi connectivity index (χ1) is 18.1. The molecule has 196 valence electrons. The second-order valence-electron chi connectivity index (χ2n) is 8.38. The number of nitrogens with one attached hydrogen (secondary N) is 1. The second kappa shape index (κ2) is 11.7. The Bertz CT molecular complexity index is 1590. The number of sulfonamides is 1. The van der Waals surface area contributed by atoms with Crippen LogP contribution in [0.5, 0.6) is 0 Å². The number of carbonyl (C=O) groups is 1. The molecular formula is C27H23BrCl2N4O3S. The van der Waals surface area contributed by atoms with E-state index in [0.717, 1.165) is 31.4 Å². The van der Waals surface area contributed by atoms with Gasteiger partial charge in [-0.05, 0) is 74.5 Å². The SMILES string of the molecule is Cc1cc(/C=N\NC(=O)CN(c2ccc(Br)cc2)S(=O)(=O)c2ccccc2)c(C)n1-c1cc(Cl)cc(Cl)c1. The van der Waals surface area contributed by atoms with E-state index >= 15 is 0 Å². The molecule has 11 heteroatoms. The molecule has 0 aliphatic heterocycles. The number of hydrogen-bond acceptors (Lipinski definition) is 4. The third kappa shape index (κ3) is 6.30. The van der Waals surface area contributed by atoms with E-state index < -0.39 is 22.5 Å². The van der Waals surface area contributed by atoms with E-state index in [2.05, 4.69) is 26.5 Å². The van der Waals surface area contributed by atoms with Crippen LogP contribution < -0.4 is 9.73 Å². The zero-order valence-electron chi connectivity index (χ0n) is 20.4. The molecule has 7 nitrogen and oxygen atoms in total. The molecule has 38 heavy (non-hydrogen) atoms. The predicted octanol–water partition coefficient (Wildman–Crippen LogP) is 6.51. The summed E-state index contributed by atoms with van der Waals surface area (Å²) in [6.07, 6.45) is 1.51. The van der Waals surface area contributed by atoms with Gasteiger partial charge in [-0.2, -0.15) is 5.10 Å². The van der Waals surface area contributed by atoms with Crippen LogP contribution in [0.2, 0.25) is 10.0 Å². The van der Waals surface area contributed by atoms with Crippen LogP contribution in [0.15, 0.2) is 93.3 Å². The highest BCUT2D eigenvalue weighted by Gasteiger charge is 2.27. The molecule has 0 unspecified atom stereocenters. The maximum Gasteiger partial charge on any atom is 0.264 e. The first-order valence-corrected chi connectivity index (χ1v) is 14.4. The van der Waals surface area contributed by atoms with Gasteiger partial charge in [0.2, 0.25) is 0 Å². The first kappa shape index (κ1) is 27.9. The van der Waals surface area contributed by atoms with Crippen LogP contribution in [-0.4, -0.2) is 31.7 Å². The van der Waals surface area contributed by atoms with Crippen LogP contribution in [0.4, 0.5) is 5.69 Å². The van der Waals surface area contributed by atoms with E-state index in [-0.39, 0.29) is 4.90 Å². The van der Waals surface area contributed by atoms with Gasteiger partial charge in [-0.25, -0.2) is 13.8 Å². The zero-order chi connectivity index (χ0) is 27.4. The monoisotopic (exact) mass is 632 g/mol. The summed E-state index contributed by atoms with van der Waals surface area (Å²) in [4.78, 5) is 12.9. The van der Waals surface area contributed by atoms with Crippen molar-refractivity contribution in [3.63, 3.8) is 0 Å². The van der Waals surface area contributed by atoms with Gasteiger partial charge < -0.3 is 4.57 Å². The summed E-state index contributed by atoms with van der Waals surface area (Å²) in [5, 5.41) is 5.12. The predicted molar refractivity (Wildman–Crippen MR) is 156 cm³/mol. The summed E-state index contributed by atoms with van der Waals surface area (Å²) in [5.74, 6) is -0.598. The summed E-state index contributed by atoms with van der Waals surface area (Å²) in [6, 6.07) is 21.8. The van der Waals surface area contributed by atoms with E-state index in [1.807, 2.05) is 24.5 Å². The van der Waals surface area contributed by atoms with E-state index in [0.29, 0.717) is 15.7 Å². The Hall–Kier alpha value is -3.11. The van der Waals surface area contributed by atoms with E-state index in [1.54, 1.807) is 60.7 Å². The average molecular weight is 634 g/mol. The van der Waals surface area contributed by atoms with Crippen molar-refractivity contribution in [3.05, 3.63) is 110 Å². The second-order valence-corrected chi connectivity index (χ2v) is 12.0. The summed E-state index contributed by atoms with van der Waals surface area (Å²) in [7, 11) is -4.01. The summed E-state index contributed by atoms with van der Waals surface area (Å²) in [6.45, 7) is 3.38. The van der Waals surface area contributed by atoms with Crippen LogP contribution in [0, 0.1) is 13.8 Å². The third-order valence-electron chi connectivity index (χ3n) is 5.70. The molecule has 1 aromatic heterocycles. The number of aromatic nitrogens is 1. The molecule has 0 aliphatic carbocycles. The van der Waals surface area contributed by atoms with Gasteiger partial charge in [0.1, 0.15) is 6.54 Å². The number of anilines is 1. The van der Waals surface area contributed by atoms with Crippen molar-refractivity contribution >= 4 is 67.0 Å². The Morgan fingerprint density at radius 2 is 1.63 bits per heavy atom. The minimum atomic E-state index is -4.01. The van der Waals surface area contributed by atoms with Gasteiger partial charge in [-0.1, -0.05) is 57.3 Å². The average Bonchev–Trinajstić information content (AvgIpc) is 3.15. The van der Waals surface area contributed by atoms with Crippen LogP contribution in [0.1, 0.15) is 17.0 Å². The number of aryl methyl sites for hydroxylation is 1. The highest BCUT2D eigenvalue weighted by molar-refractivity contribution is 9.10. The smallest absolute Gasteiger partial charge is 0.264 e. The van der Waals surface area contributed by atoms with Crippen LogP contribution in [-0.2, 0) is 14.8 Å². The quantitative estimate of drug-likeness (QED) is 0.177. The molecule has 0 radical (unpaired) electrons. The van der Waals surface area contributed by atoms with E-state index in [1.165, 1.54) is 18.3 Å². The lowest BCUT2D eigenvalue weighted by Gasteiger charge is -2.23. The minimum Gasteiger partial charge on any atom is -0.318 e. The third-order valence-corrected chi connectivity index (χ3v) is 8.45. The number of hydrogen-bond donors (Lipinski definition) is 1. The van der Waals surface area contributed by atoms with Crippen molar-refractivity contribution in [2.75, 3.05) is 10.8 Å². The molecule has 0 aliphatic rings. The van der Waals surface area contributed by atoms with Gasteiger partial charge in [0.15, 0.2) is 0 Å². The molecule has 1 N–H and O–H groups in total. The molecule has 1 amide bonds. The number of amides is 1. The van der Waals surface area contributed by atoms with E-state index in [4.69, 9.17) is 23.2 Å². The van der Waals surface area contributed by atoms with Crippen LogP contribution in [0.3, 0.4) is 0 Å². The Morgan fingerprint density at radius 3 is 2.26 bits per heavy atom. The minimum absolute atomic E-state index is 0.0766. The normalized spacial score (nSPS) is 11.6. The molecule has 4 rings (SSSR count). The van der Waals surface area contributed by atoms with Crippen molar-refractivity contribution in [2.24, 2.45) is 5.10 Å². The molecule has 0 spiro atoms. The number of carbonyl (C=O) groups excluding carboxylic acids is 1. The number of halogens is 3. The van der Waals surface area contributed by atoms with Gasteiger partial charge >= 0.3 is 0 Å². The summed E-state index contributed by atoms with van der Waals surface area (Å²) >= 11 is 15.7. The number of hydrazone groups is 1. The van der Waals surface area contributed by atoms with Gasteiger partial charge in [-0.3, -0.25) is 9.10 Å². The molecular weight excluding hydrogens is 611 g/mol. The lowest BCUT2D eigenvalue weighted by atomic mass is 10.2. The highest BCUT2D eigenvalue weighted by Crippen LogP contribution is 2.27. The Labute approximate surface area is 239 Å². The number of benzene rings is 3. The molecule has 0 saturated heterocycles. The lowest BCUT2D eigenvalue weighted by Crippen LogP contribution is -2.39. The Balaban J connectivity index is 1.55. The van der Waals surface area contributed by atoms with Crippen LogP contribution >= 0.6 is 39.1 Å². The summed E-state index contributed by atoms with van der Waals surface area (Å²) < 4.78 is 30.6. The number of nitrogens with zero attached hydrogens (tertiary/aromatic N) is 3. The molecule has 4 aromatic rings. The number of rotatable bonds is 8. The Morgan fingerprint density at radius 1 is 1.00 bits per heavy atom. The van der Waals surface area contributed by atoms with Gasteiger partial charge in [0.05, 0.1) is 16.8 Å². The molecule has 3 aromatic carbocycles. The molecule has 0 fully saturated rings. The maximum atomic E-state index is 13.4. The molecule has 1 heterocycles. The lowest BCUT2D eigenvalue weighted by molar-refractivity contribution is -0.119. The van der Waals surface area contributed by atoms with Crippen LogP contribution in [0.25, 0.3) is 5.69 Å². The first-order valence-electron chi connectivity index (χ1n) is 11.4. The van der Waals surface area contributed by atoms with Crippen molar-refractivity contribution in [1.29, 1.82) is 0 Å². The van der Waals surface area contributed by atoms with Crippen molar-refractivity contribution < 1.29 is 13.2 Å². The molecule has 0 atom stereocenters. The maximum absolute atomic E-state index is 13.4. The molecule has 0 bridgehead atoms. The Kier molecular flexibility index (Phi) is 8.62. The fourth-order valence-corrected chi connectivity index (χ4v) is 6.19. The highest BCUT2D eigenvalue weighted by atomic mass is 79.9. The molecule has 0 saturated carbocycles. The zero-order valence-corrected chi connectivity index (χ0v) is 24.3. The van der Waals surface area contributed by atoms with E-state index in [9.17, 15) is 13.2 Å². The van der Waals surface area contributed by atoms with Crippen molar-refractivity contribution in [2.45, 2.75) is 18.7 Å². The van der Waals surface area contributed by atoms with Crippen molar-refractivity contribution in [3.8, 4) is 5.69 Å². The fourth-order valence-electron chi connectivity index (χ4n) is 3.97. The largest absolute Gasteiger partial charge is 0.318 e.